The zero-order valence-corrected chi connectivity index (χ0v) is 15.4. The molecule has 1 fully saturated rings. The van der Waals surface area contributed by atoms with Crippen LogP contribution in [-0.4, -0.2) is 0 Å². The molecule has 2 rings (SSSR count). The first-order chi connectivity index (χ1) is 6.75. The molecule has 0 N–H and O–H groups in total. The fourth-order valence-corrected chi connectivity index (χ4v) is 2.30. The summed E-state index contributed by atoms with van der Waals surface area (Å²) in [7, 11) is 0. The van der Waals surface area contributed by atoms with Crippen LogP contribution in [0.4, 0.5) is 4.39 Å². The Hall–Kier alpha value is 1.36. The molecular weight excluding hydrogens is 353 g/mol. The van der Waals surface area contributed by atoms with Crippen molar-refractivity contribution >= 4 is 0 Å². The van der Waals surface area contributed by atoms with E-state index >= 15 is 0 Å². The van der Waals surface area contributed by atoms with Crippen LogP contribution < -0.4 is 0 Å². The second-order valence-electron chi connectivity index (χ2n) is 4.43. The summed E-state index contributed by atoms with van der Waals surface area (Å²) in [5, 5.41) is 0. The molecule has 1 aliphatic rings. The van der Waals surface area contributed by atoms with Crippen LogP contribution in [0.5, 0.6) is 0 Å². The predicted molar refractivity (Wildman–Crippen MR) is 55.6 cm³/mol. The summed E-state index contributed by atoms with van der Waals surface area (Å²) in [5.74, 6) is 1.21. The fourth-order valence-electron chi connectivity index (χ4n) is 2.30. The van der Waals surface area contributed by atoms with E-state index in [1.54, 1.807) is 12.1 Å². The standard InChI is InChI=1S/C13H16F.2Y/c1-10-5-7-11(8-6-10)12-3-2-4-13(14)9-12;;/h2-3,9-11H,5-8H2,1H3;;/q-1;;. The van der Waals surface area contributed by atoms with Crippen LogP contribution in [0.25, 0.3) is 0 Å². The molecule has 0 bridgehead atoms. The zero-order valence-electron chi connectivity index (χ0n) is 9.75. The van der Waals surface area contributed by atoms with E-state index in [9.17, 15) is 4.39 Å². The first-order valence-corrected chi connectivity index (χ1v) is 5.43. The predicted octanol–water partition coefficient (Wildman–Crippen LogP) is 3.91. The Kier molecular flexibility index (Phi) is 9.18. The van der Waals surface area contributed by atoms with E-state index in [0.717, 1.165) is 11.5 Å². The molecule has 0 nitrogen and oxygen atoms in total. The van der Waals surface area contributed by atoms with Gasteiger partial charge in [0.25, 0.3) is 0 Å². The normalized spacial score (nSPS) is 24.1. The van der Waals surface area contributed by atoms with E-state index in [1.807, 2.05) is 6.07 Å². The van der Waals surface area contributed by atoms with Crippen LogP contribution in [-0.2, 0) is 65.4 Å². The largest absolute Gasteiger partial charge is 0.236 e. The topological polar surface area (TPSA) is 0 Å². The Morgan fingerprint density at radius 1 is 1.19 bits per heavy atom. The third kappa shape index (κ3) is 4.92. The minimum atomic E-state index is -0.221. The maximum absolute atomic E-state index is 12.9. The van der Waals surface area contributed by atoms with Crippen LogP contribution in [0.15, 0.2) is 18.2 Å². The molecule has 1 aromatic carbocycles. The Balaban J connectivity index is 0.00000112. The summed E-state index contributed by atoms with van der Waals surface area (Å²) in [6.45, 7) is 2.30. The summed E-state index contributed by atoms with van der Waals surface area (Å²) in [4.78, 5) is 0. The number of benzene rings is 1. The maximum Gasteiger partial charge on any atom is 0.0111 e. The van der Waals surface area contributed by atoms with E-state index in [-0.39, 0.29) is 71.2 Å². The molecule has 2 radical (unpaired) electrons. The van der Waals surface area contributed by atoms with Gasteiger partial charge in [0, 0.05) is 71.2 Å². The molecule has 0 unspecified atom stereocenters. The van der Waals surface area contributed by atoms with Crippen molar-refractivity contribution in [2.75, 3.05) is 0 Å². The van der Waals surface area contributed by atoms with Gasteiger partial charge >= 0.3 is 0 Å². The number of hydrogen-bond acceptors (Lipinski definition) is 0. The van der Waals surface area contributed by atoms with Crippen molar-refractivity contribution in [2.24, 2.45) is 5.92 Å². The fraction of sp³-hybridized carbons (Fsp3) is 0.538. The van der Waals surface area contributed by atoms with Crippen molar-refractivity contribution in [1.82, 2.24) is 0 Å². The Morgan fingerprint density at radius 2 is 1.81 bits per heavy atom. The second-order valence-corrected chi connectivity index (χ2v) is 4.43. The average molecular weight is 369 g/mol. The van der Waals surface area contributed by atoms with Gasteiger partial charge in [0.2, 0.25) is 0 Å². The molecule has 3 heteroatoms. The van der Waals surface area contributed by atoms with E-state index in [2.05, 4.69) is 13.0 Å². The minimum Gasteiger partial charge on any atom is -0.236 e. The third-order valence-corrected chi connectivity index (χ3v) is 3.28. The molecule has 82 valence electrons. The molecule has 1 saturated carbocycles. The van der Waals surface area contributed by atoms with Crippen molar-refractivity contribution in [3.8, 4) is 0 Å². The number of halogens is 1. The van der Waals surface area contributed by atoms with Gasteiger partial charge < -0.3 is 0 Å². The monoisotopic (exact) mass is 369 g/mol. The first-order valence-electron chi connectivity index (χ1n) is 5.43. The van der Waals surface area contributed by atoms with Gasteiger partial charge in [0.1, 0.15) is 0 Å². The summed E-state index contributed by atoms with van der Waals surface area (Å²) >= 11 is 0. The summed E-state index contributed by atoms with van der Waals surface area (Å²) in [6, 6.07) is 7.89. The Labute approximate surface area is 148 Å². The summed E-state index contributed by atoms with van der Waals surface area (Å²) in [6.07, 6.45) is 4.99. The van der Waals surface area contributed by atoms with Gasteiger partial charge in [-0.15, -0.1) is 12.1 Å². The quantitative estimate of drug-likeness (QED) is 0.659. The molecule has 1 aliphatic carbocycles. The molecule has 16 heavy (non-hydrogen) atoms. The summed E-state index contributed by atoms with van der Waals surface area (Å²) in [5.41, 5.74) is 1.16. The van der Waals surface area contributed by atoms with Crippen LogP contribution >= 0.6 is 0 Å². The number of rotatable bonds is 1. The van der Waals surface area contributed by atoms with Crippen LogP contribution in [0, 0.1) is 17.8 Å². The summed E-state index contributed by atoms with van der Waals surface area (Å²) < 4.78 is 12.9. The van der Waals surface area contributed by atoms with E-state index in [0.29, 0.717) is 5.92 Å². The molecule has 0 saturated heterocycles. The van der Waals surface area contributed by atoms with Gasteiger partial charge in [0.05, 0.1) is 0 Å². The molecule has 0 aliphatic heterocycles. The number of hydrogen-bond donors (Lipinski definition) is 0. The second kappa shape index (κ2) is 8.46. The zero-order chi connectivity index (χ0) is 9.97. The smallest absolute Gasteiger partial charge is 0.0111 e. The van der Waals surface area contributed by atoms with Gasteiger partial charge in [-0.05, 0) is 24.7 Å². The third-order valence-electron chi connectivity index (χ3n) is 3.28. The molecular formula is C13H16FY2-. The van der Waals surface area contributed by atoms with E-state index < -0.39 is 0 Å². The SMILES string of the molecule is CC1CCC(c2cc[c-]c(F)c2)CC1.[Y].[Y]. The molecule has 0 heterocycles. The van der Waals surface area contributed by atoms with Crippen LogP contribution in [0.2, 0.25) is 0 Å². The van der Waals surface area contributed by atoms with Crippen molar-refractivity contribution in [2.45, 2.75) is 38.5 Å². The average Bonchev–Trinajstić information content (AvgIpc) is 2.19. The van der Waals surface area contributed by atoms with Gasteiger partial charge in [-0.25, -0.2) is 4.39 Å². The first kappa shape index (κ1) is 17.4. The van der Waals surface area contributed by atoms with Gasteiger partial charge in [0.15, 0.2) is 0 Å². The Morgan fingerprint density at radius 3 is 2.38 bits per heavy atom. The van der Waals surface area contributed by atoms with Crippen molar-refractivity contribution in [1.29, 1.82) is 0 Å². The minimum absolute atomic E-state index is 0. The van der Waals surface area contributed by atoms with Gasteiger partial charge in [-0.3, -0.25) is 0 Å². The van der Waals surface area contributed by atoms with Gasteiger partial charge in [-0.2, -0.15) is 17.7 Å². The molecule has 1 aromatic rings. The maximum atomic E-state index is 12.9. The van der Waals surface area contributed by atoms with Crippen LogP contribution in [0.3, 0.4) is 0 Å². The molecule has 0 atom stereocenters. The van der Waals surface area contributed by atoms with Crippen molar-refractivity contribution < 1.29 is 69.8 Å². The molecule has 0 aromatic heterocycles. The molecule has 0 amide bonds. The van der Waals surface area contributed by atoms with Crippen LogP contribution in [0.1, 0.15) is 44.1 Å². The van der Waals surface area contributed by atoms with Crippen molar-refractivity contribution in [3.63, 3.8) is 0 Å². The Bertz CT molecular complexity index is 307. The molecule has 0 spiro atoms. The van der Waals surface area contributed by atoms with E-state index in [1.165, 1.54) is 25.7 Å². The van der Waals surface area contributed by atoms with Crippen molar-refractivity contribution in [3.05, 3.63) is 35.6 Å². The van der Waals surface area contributed by atoms with E-state index in [4.69, 9.17) is 0 Å². The van der Waals surface area contributed by atoms with Gasteiger partial charge in [-0.1, -0.05) is 19.8 Å².